The van der Waals surface area contributed by atoms with Gasteiger partial charge < -0.3 is 19.5 Å². The molecule has 0 spiro atoms. The Hall–Kier alpha value is -2.32. The Morgan fingerprint density at radius 3 is 1.87 bits per heavy atom. The third-order valence-electron chi connectivity index (χ3n) is 2.49. The summed E-state index contributed by atoms with van der Waals surface area (Å²) in [5, 5.41) is 2.40. The van der Waals surface area contributed by atoms with E-state index in [1.165, 1.54) is 0 Å². The summed E-state index contributed by atoms with van der Waals surface area (Å²) in [5.74, 6) is -0.983. The van der Waals surface area contributed by atoms with Gasteiger partial charge in [-0.25, -0.2) is 14.5 Å². The van der Waals surface area contributed by atoms with E-state index in [-0.39, 0.29) is 45.8 Å². The van der Waals surface area contributed by atoms with Gasteiger partial charge in [0.05, 0.1) is 32.7 Å². The average Bonchev–Trinajstić information content (AvgIpc) is 2.48. The van der Waals surface area contributed by atoms with Crippen LogP contribution in [0.15, 0.2) is 0 Å². The van der Waals surface area contributed by atoms with Crippen LogP contribution < -0.4 is 5.32 Å². The van der Waals surface area contributed by atoms with Crippen molar-refractivity contribution in [2.75, 3.05) is 32.9 Å². The van der Waals surface area contributed by atoms with Crippen LogP contribution in [0.5, 0.6) is 0 Å². The zero-order chi connectivity index (χ0) is 17.7. The van der Waals surface area contributed by atoms with E-state index < -0.39 is 24.1 Å². The fraction of sp³-hybridized carbons (Fsp3) is 0.714. The first-order valence-corrected chi connectivity index (χ1v) is 7.49. The molecule has 9 nitrogen and oxygen atoms in total. The van der Waals surface area contributed by atoms with Gasteiger partial charge >= 0.3 is 24.1 Å². The minimum Gasteiger partial charge on any atom is -0.466 e. The molecule has 0 aliphatic carbocycles. The van der Waals surface area contributed by atoms with Crippen LogP contribution in [-0.2, 0) is 23.8 Å². The topological polar surface area (TPSA) is 111 Å². The van der Waals surface area contributed by atoms with Gasteiger partial charge in [-0.2, -0.15) is 0 Å². The van der Waals surface area contributed by atoms with Gasteiger partial charge in [-0.05, 0) is 20.8 Å². The van der Waals surface area contributed by atoms with Gasteiger partial charge in [0.1, 0.15) is 0 Å². The monoisotopic (exact) mass is 332 g/mol. The maximum Gasteiger partial charge on any atom is 0.417 e. The molecule has 0 aromatic heterocycles. The fourth-order valence-electron chi connectivity index (χ4n) is 1.51. The number of hydrogen-bond acceptors (Lipinski definition) is 7. The van der Waals surface area contributed by atoms with Gasteiger partial charge in [0.2, 0.25) is 0 Å². The Balaban J connectivity index is 4.47. The first-order chi connectivity index (χ1) is 11.0. The summed E-state index contributed by atoms with van der Waals surface area (Å²) in [5.41, 5.74) is 0. The summed E-state index contributed by atoms with van der Waals surface area (Å²) in [7, 11) is 0. The van der Waals surface area contributed by atoms with Crippen molar-refractivity contribution in [3.05, 3.63) is 0 Å². The molecule has 0 aromatic rings. The quantitative estimate of drug-likeness (QED) is 0.496. The lowest BCUT2D eigenvalue weighted by atomic mass is 10.4. The van der Waals surface area contributed by atoms with Crippen molar-refractivity contribution >= 4 is 24.1 Å². The van der Waals surface area contributed by atoms with Crippen LogP contribution in [0.4, 0.5) is 9.59 Å². The number of carbonyl (C=O) groups excluding carboxylic acids is 4. The van der Waals surface area contributed by atoms with Crippen LogP contribution in [0.1, 0.15) is 33.6 Å². The fourth-order valence-corrected chi connectivity index (χ4v) is 1.51. The molecule has 0 aliphatic heterocycles. The van der Waals surface area contributed by atoms with Gasteiger partial charge in [0, 0.05) is 13.1 Å². The molecule has 0 heterocycles. The molecular weight excluding hydrogens is 308 g/mol. The number of hydrogen-bond donors (Lipinski definition) is 1. The van der Waals surface area contributed by atoms with Crippen molar-refractivity contribution in [2.24, 2.45) is 0 Å². The van der Waals surface area contributed by atoms with Crippen molar-refractivity contribution in [3.8, 4) is 0 Å². The van der Waals surface area contributed by atoms with Crippen molar-refractivity contribution < 1.29 is 33.4 Å². The molecule has 132 valence electrons. The molecule has 0 saturated heterocycles. The van der Waals surface area contributed by atoms with E-state index in [1.54, 1.807) is 20.8 Å². The smallest absolute Gasteiger partial charge is 0.417 e. The van der Waals surface area contributed by atoms with Crippen LogP contribution in [0, 0.1) is 0 Å². The molecule has 0 aromatic carbocycles. The van der Waals surface area contributed by atoms with Gasteiger partial charge in [-0.3, -0.25) is 9.59 Å². The molecule has 0 bridgehead atoms. The summed E-state index contributed by atoms with van der Waals surface area (Å²) in [6.07, 6.45) is -1.03. The highest BCUT2D eigenvalue weighted by atomic mass is 16.6. The average molecular weight is 332 g/mol. The highest BCUT2D eigenvalue weighted by Gasteiger charge is 2.23. The lowest BCUT2D eigenvalue weighted by Crippen LogP contribution is -2.45. The maximum absolute atomic E-state index is 12.0. The van der Waals surface area contributed by atoms with E-state index in [2.05, 4.69) is 5.32 Å². The van der Waals surface area contributed by atoms with E-state index in [1.807, 2.05) is 0 Å². The van der Waals surface area contributed by atoms with Gasteiger partial charge in [0.15, 0.2) is 0 Å². The van der Waals surface area contributed by atoms with Gasteiger partial charge in [-0.1, -0.05) is 0 Å². The third kappa shape index (κ3) is 9.33. The van der Waals surface area contributed by atoms with E-state index in [9.17, 15) is 19.2 Å². The van der Waals surface area contributed by atoms with Gasteiger partial charge in [-0.15, -0.1) is 0 Å². The molecule has 0 rings (SSSR count). The van der Waals surface area contributed by atoms with E-state index >= 15 is 0 Å². The summed E-state index contributed by atoms with van der Waals surface area (Å²) < 4.78 is 14.2. The number of rotatable bonds is 9. The van der Waals surface area contributed by atoms with E-state index in [0.717, 1.165) is 4.90 Å². The summed E-state index contributed by atoms with van der Waals surface area (Å²) >= 11 is 0. The molecule has 23 heavy (non-hydrogen) atoms. The predicted octanol–water partition coefficient (Wildman–Crippen LogP) is 1.06. The minimum absolute atomic E-state index is 0.00692. The number of imide groups is 1. The minimum atomic E-state index is -0.870. The van der Waals surface area contributed by atoms with Crippen molar-refractivity contribution in [1.82, 2.24) is 10.2 Å². The van der Waals surface area contributed by atoms with Crippen molar-refractivity contribution in [1.29, 1.82) is 0 Å². The molecule has 0 aliphatic rings. The third-order valence-corrected chi connectivity index (χ3v) is 2.49. The number of ether oxygens (including phenoxy) is 3. The Morgan fingerprint density at radius 1 is 0.826 bits per heavy atom. The number of nitrogens with one attached hydrogen (secondary N) is 1. The van der Waals surface area contributed by atoms with Crippen LogP contribution >= 0.6 is 0 Å². The molecule has 0 unspecified atom stereocenters. The zero-order valence-electron chi connectivity index (χ0n) is 13.8. The predicted molar refractivity (Wildman–Crippen MR) is 79.6 cm³/mol. The van der Waals surface area contributed by atoms with Crippen LogP contribution in [-0.4, -0.2) is 61.9 Å². The second-order valence-electron chi connectivity index (χ2n) is 4.19. The zero-order valence-corrected chi connectivity index (χ0v) is 13.8. The van der Waals surface area contributed by atoms with Gasteiger partial charge in [0.25, 0.3) is 0 Å². The molecule has 0 radical (unpaired) electrons. The Labute approximate surface area is 135 Å². The number of carbonyl (C=O) groups is 4. The van der Waals surface area contributed by atoms with Crippen molar-refractivity contribution in [2.45, 2.75) is 33.6 Å². The highest BCUT2D eigenvalue weighted by molar-refractivity contribution is 5.91. The van der Waals surface area contributed by atoms with Crippen LogP contribution in [0.25, 0.3) is 0 Å². The molecule has 9 heteroatoms. The maximum atomic E-state index is 12.0. The Morgan fingerprint density at radius 2 is 1.35 bits per heavy atom. The standard InChI is InChI=1S/C14H24N2O7/c1-4-21-11(17)7-9-15-13(19)16(14(20)23-6-3)10-8-12(18)22-5-2/h4-10H2,1-3H3,(H,15,19). The first kappa shape index (κ1) is 20.7. The van der Waals surface area contributed by atoms with Crippen molar-refractivity contribution in [3.63, 3.8) is 0 Å². The number of nitrogens with zero attached hydrogens (tertiary/aromatic N) is 1. The molecule has 0 atom stereocenters. The number of esters is 2. The second kappa shape index (κ2) is 12.2. The molecule has 1 N–H and O–H groups in total. The second-order valence-corrected chi connectivity index (χ2v) is 4.19. The largest absolute Gasteiger partial charge is 0.466 e. The summed E-state index contributed by atoms with van der Waals surface area (Å²) in [6, 6.07) is -0.753. The lowest BCUT2D eigenvalue weighted by Gasteiger charge is -2.20. The normalized spacial score (nSPS) is 9.70. The Kier molecular flexibility index (Phi) is 11.0. The molecule has 0 saturated carbocycles. The number of urea groups is 1. The van der Waals surface area contributed by atoms with E-state index in [4.69, 9.17) is 14.2 Å². The number of amides is 3. The summed E-state index contributed by atoms with van der Waals surface area (Å²) in [4.78, 5) is 47.0. The Bertz CT molecular complexity index is 412. The molecule has 3 amide bonds. The van der Waals surface area contributed by atoms with Crippen LogP contribution in [0.2, 0.25) is 0 Å². The first-order valence-electron chi connectivity index (χ1n) is 7.49. The lowest BCUT2D eigenvalue weighted by molar-refractivity contribution is -0.143. The summed E-state index contributed by atoms with van der Waals surface area (Å²) in [6.45, 7) is 5.31. The van der Waals surface area contributed by atoms with E-state index in [0.29, 0.717) is 0 Å². The molecule has 0 fully saturated rings. The molecular formula is C14H24N2O7. The SMILES string of the molecule is CCOC(=O)CCNC(=O)N(CCC(=O)OCC)C(=O)OCC. The highest BCUT2D eigenvalue weighted by Crippen LogP contribution is 2.00. The van der Waals surface area contributed by atoms with Crippen LogP contribution in [0.3, 0.4) is 0 Å².